The van der Waals surface area contributed by atoms with E-state index in [0.717, 1.165) is 17.8 Å². The van der Waals surface area contributed by atoms with Crippen molar-refractivity contribution in [2.24, 2.45) is 0 Å². The summed E-state index contributed by atoms with van der Waals surface area (Å²) >= 11 is 3.17. The Labute approximate surface area is 145 Å². The number of nitrogens with one attached hydrogen (secondary N) is 2. The van der Waals surface area contributed by atoms with Gasteiger partial charge in [0, 0.05) is 30.4 Å². The Morgan fingerprint density at radius 3 is 2.88 bits per heavy atom. The summed E-state index contributed by atoms with van der Waals surface area (Å²) in [6.45, 7) is 0.629. The van der Waals surface area contributed by atoms with Gasteiger partial charge in [-0.05, 0) is 46.3 Å². The largest absolute Gasteiger partial charge is 0.356 e. The number of carbonyl (C=O) groups excluding carboxylic acids is 1. The molecule has 2 aromatic heterocycles. The highest BCUT2D eigenvalue weighted by molar-refractivity contribution is 9.10. The molecule has 3 aromatic rings. The average Bonchev–Trinajstić information content (AvgIpc) is 3.03. The minimum atomic E-state index is -0.335. The van der Waals surface area contributed by atoms with Gasteiger partial charge in [0.1, 0.15) is 5.82 Å². The number of amides is 1. The molecule has 1 amide bonds. The van der Waals surface area contributed by atoms with Gasteiger partial charge in [-0.1, -0.05) is 0 Å². The zero-order chi connectivity index (χ0) is 16.7. The zero-order valence-corrected chi connectivity index (χ0v) is 14.0. The van der Waals surface area contributed by atoms with Gasteiger partial charge in [-0.15, -0.1) is 0 Å². The van der Waals surface area contributed by atoms with E-state index in [2.05, 4.69) is 36.2 Å². The number of fused-ring (bicyclic) bond motifs is 1. The third-order valence-electron chi connectivity index (χ3n) is 3.91. The van der Waals surface area contributed by atoms with Gasteiger partial charge in [-0.2, -0.15) is 0 Å². The first-order valence-electron chi connectivity index (χ1n) is 7.41. The molecule has 0 saturated carbocycles. The van der Waals surface area contributed by atoms with Crippen molar-refractivity contribution in [2.75, 3.05) is 6.54 Å². The number of benzene rings is 1. The summed E-state index contributed by atoms with van der Waals surface area (Å²) in [5.41, 5.74) is 3.73. The summed E-state index contributed by atoms with van der Waals surface area (Å²) in [5.74, 6) is 0.0821. The molecule has 0 aliphatic carbocycles. The number of carbonyl (C=O) groups is 1. The maximum atomic E-state index is 13.4. The molecule has 7 heteroatoms. The highest BCUT2D eigenvalue weighted by atomic mass is 79.9. The molecule has 0 fully saturated rings. The van der Waals surface area contributed by atoms with Crippen molar-refractivity contribution in [3.63, 3.8) is 0 Å². The Morgan fingerprint density at radius 1 is 1.21 bits per heavy atom. The van der Waals surface area contributed by atoms with E-state index in [1.54, 1.807) is 30.5 Å². The minimum Gasteiger partial charge on any atom is -0.356 e. The van der Waals surface area contributed by atoms with Crippen molar-refractivity contribution in [1.82, 2.24) is 20.3 Å². The summed E-state index contributed by atoms with van der Waals surface area (Å²) in [4.78, 5) is 23.9. The minimum absolute atomic E-state index is 0.0736. The van der Waals surface area contributed by atoms with Crippen LogP contribution in [0.2, 0.25) is 0 Å². The number of aromatic amines is 1. The lowest BCUT2D eigenvalue weighted by Gasteiger charge is -2.10. The molecule has 0 atom stereocenters. The Balaban J connectivity index is 1.75. The van der Waals surface area contributed by atoms with E-state index < -0.39 is 0 Å². The maximum absolute atomic E-state index is 13.4. The summed E-state index contributed by atoms with van der Waals surface area (Å²) in [7, 11) is 0. The van der Waals surface area contributed by atoms with Crippen molar-refractivity contribution in [2.45, 2.75) is 6.42 Å². The van der Waals surface area contributed by atoms with Gasteiger partial charge in [0.15, 0.2) is 5.82 Å². The lowest BCUT2D eigenvalue weighted by atomic mass is 10.1. The molecule has 0 bridgehead atoms. The molecule has 4 rings (SSSR count). The number of hydrogen-bond acceptors (Lipinski definition) is 3. The van der Waals surface area contributed by atoms with Crippen LogP contribution < -0.4 is 5.32 Å². The smallest absolute Gasteiger partial charge is 0.253 e. The number of H-pyrrole nitrogens is 1. The van der Waals surface area contributed by atoms with Gasteiger partial charge in [-0.25, -0.2) is 14.4 Å². The van der Waals surface area contributed by atoms with E-state index in [4.69, 9.17) is 0 Å². The number of hydrogen-bond donors (Lipinski definition) is 2. The van der Waals surface area contributed by atoms with Gasteiger partial charge in [0.2, 0.25) is 0 Å². The Hall–Kier alpha value is -2.54. The maximum Gasteiger partial charge on any atom is 0.253 e. The number of nitrogens with zero attached hydrogens (tertiary/aromatic N) is 2. The predicted octanol–water partition coefficient (Wildman–Crippen LogP) is 3.33. The first kappa shape index (κ1) is 15.0. The SMILES string of the molecule is O=C1NCCc2[nH]c(-c3ccnc(-c4ccc(F)c(Br)c4)n3)cc21. The second-order valence-electron chi connectivity index (χ2n) is 5.48. The third-order valence-corrected chi connectivity index (χ3v) is 4.52. The Kier molecular flexibility index (Phi) is 3.65. The van der Waals surface area contributed by atoms with E-state index in [9.17, 15) is 9.18 Å². The van der Waals surface area contributed by atoms with E-state index in [1.165, 1.54) is 6.07 Å². The fraction of sp³-hybridized carbons (Fsp3) is 0.118. The molecular formula is C17H12BrFN4O. The molecule has 1 aliphatic heterocycles. The van der Waals surface area contributed by atoms with E-state index in [0.29, 0.717) is 33.7 Å². The molecule has 1 aliphatic rings. The number of rotatable bonds is 2. The van der Waals surface area contributed by atoms with Crippen LogP contribution in [0.1, 0.15) is 16.1 Å². The van der Waals surface area contributed by atoms with Gasteiger partial charge in [0.25, 0.3) is 5.91 Å². The van der Waals surface area contributed by atoms with Gasteiger partial charge >= 0.3 is 0 Å². The van der Waals surface area contributed by atoms with Gasteiger partial charge in [-0.3, -0.25) is 4.79 Å². The first-order valence-corrected chi connectivity index (χ1v) is 8.20. The summed E-state index contributed by atoms with van der Waals surface area (Å²) in [5, 5.41) is 2.82. The monoisotopic (exact) mass is 386 g/mol. The fourth-order valence-electron chi connectivity index (χ4n) is 2.71. The molecule has 0 radical (unpaired) electrons. The fourth-order valence-corrected chi connectivity index (χ4v) is 3.09. The van der Waals surface area contributed by atoms with E-state index in [1.807, 2.05) is 0 Å². The van der Waals surface area contributed by atoms with Crippen LogP contribution in [0.15, 0.2) is 41.0 Å². The van der Waals surface area contributed by atoms with Crippen LogP contribution >= 0.6 is 15.9 Å². The van der Waals surface area contributed by atoms with Crippen molar-refractivity contribution >= 4 is 21.8 Å². The van der Waals surface area contributed by atoms with E-state index >= 15 is 0 Å². The van der Waals surface area contributed by atoms with Crippen LogP contribution in [0.5, 0.6) is 0 Å². The molecule has 0 unspecified atom stereocenters. The lowest BCUT2D eigenvalue weighted by molar-refractivity contribution is 0.0946. The predicted molar refractivity (Wildman–Crippen MR) is 90.9 cm³/mol. The molecule has 120 valence electrons. The number of aromatic nitrogens is 3. The van der Waals surface area contributed by atoms with Crippen LogP contribution in [0.4, 0.5) is 4.39 Å². The van der Waals surface area contributed by atoms with E-state index in [-0.39, 0.29) is 11.7 Å². The molecule has 24 heavy (non-hydrogen) atoms. The Bertz CT molecular complexity index is 954. The normalized spacial score (nSPS) is 13.5. The standard InChI is InChI=1S/C17H12BrFN4O/c18-11-7-9(1-2-12(11)19)16-20-5-4-14(23-16)15-8-10-13(22-15)3-6-21-17(10)24/h1-2,4-5,7-8,22H,3,6H2,(H,21,24). The second-order valence-corrected chi connectivity index (χ2v) is 6.33. The van der Waals surface area contributed by atoms with Crippen LogP contribution in [0, 0.1) is 5.82 Å². The highest BCUT2D eigenvalue weighted by Gasteiger charge is 2.20. The van der Waals surface area contributed by atoms with Crippen molar-refractivity contribution in [3.8, 4) is 22.8 Å². The molecule has 0 spiro atoms. The molecule has 0 saturated heterocycles. The topological polar surface area (TPSA) is 70.7 Å². The molecule has 2 N–H and O–H groups in total. The zero-order valence-electron chi connectivity index (χ0n) is 12.4. The third kappa shape index (κ3) is 2.60. The van der Waals surface area contributed by atoms with Crippen molar-refractivity contribution in [3.05, 3.63) is 58.1 Å². The van der Waals surface area contributed by atoms with Crippen LogP contribution in [-0.2, 0) is 6.42 Å². The average molecular weight is 387 g/mol. The van der Waals surface area contributed by atoms with Crippen LogP contribution in [0.3, 0.4) is 0 Å². The molecule has 1 aromatic carbocycles. The van der Waals surface area contributed by atoms with Crippen LogP contribution in [-0.4, -0.2) is 27.4 Å². The van der Waals surface area contributed by atoms with Gasteiger partial charge in [0.05, 0.1) is 21.4 Å². The summed E-state index contributed by atoms with van der Waals surface area (Å²) in [6, 6.07) is 8.22. The first-order chi connectivity index (χ1) is 11.6. The second kappa shape index (κ2) is 5.83. The molecule has 3 heterocycles. The van der Waals surface area contributed by atoms with Crippen LogP contribution in [0.25, 0.3) is 22.8 Å². The summed E-state index contributed by atoms with van der Waals surface area (Å²) in [6.07, 6.45) is 2.42. The van der Waals surface area contributed by atoms with Gasteiger partial charge < -0.3 is 10.3 Å². The molecule has 5 nitrogen and oxygen atoms in total. The lowest BCUT2D eigenvalue weighted by Crippen LogP contribution is -2.31. The van der Waals surface area contributed by atoms with Crippen molar-refractivity contribution < 1.29 is 9.18 Å². The summed E-state index contributed by atoms with van der Waals surface area (Å²) < 4.78 is 13.8. The Morgan fingerprint density at radius 2 is 2.08 bits per heavy atom. The number of halogens is 2. The highest BCUT2D eigenvalue weighted by Crippen LogP contribution is 2.26. The van der Waals surface area contributed by atoms with Crippen molar-refractivity contribution in [1.29, 1.82) is 0 Å². The molecular weight excluding hydrogens is 375 g/mol. The quantitative estimate of drug-likeness (QED) is 0.709.